The van der Waals surface area contributed by atoms with Crippen LogP contribution in [0.3, 0.4) is 0 Å². The summed E-state index contributed by atoms with van der Waals surface area (Å²) in [6, 6.07) is 12.2. The molecule has 1 atom stereocenters. The first-order valence-corrected chi connectivity index (χ1v) is 10.0. The van der Waals surface area contributed by atoms with Gasteiger partial charge in [-0.3, -0.25) is 9.59 Å². The summed E-state index contributed by atoms with van der Waals surface area (Å²) in [5.41, 5.74) is 2.12. The van der Waals surface area contributed by atoms with E-state index in [0.717, 1.165) is 18.4 Å². The normalized spacial score (nSPS) is 14.0. The second kappa shape index (κ2) is 10.1. The van der Waals surface area contributed by atoms with Crippen molar-refractivity contribution in [3.05, 3.63) is 53.6 Å². The van der Waals surface area contributed by atoms with Gasteiger partial charge in [0.2, 0.25) is 5.91 Å². The molecule has 0 spiro atoms. The molecule has 0 bridgehead atoms. The molecule has 0 aliphatic heterocycles. The Labute approximate surface area is 176 Å². The minimum Gasteiger partial charge on any atom is -0.493 e. The molecule has 0 aromatic heterocycles. The molecule has 1 saturated carbocycles. The molecule has 2 aromatic rings. The molecule has 160 valence electrons. The zero-order valence-corrected chi connectivity index (χ0v) is 17.6. The number of amides is 2. The Morgan fingerprint density at radius 3 is 2.40 bits per heavy atom. The molecule has 0 saturated heterocycles. The van der Waals surface area contributed by atoms with Crippen LogP contribution in [0.25, 0.3) is 0 Å². The van der Waals surface area contributed by atoms with Crippen LogP contribution < -0.4 is 20.1 Å². The van der Waals surface area contributed by atoms with Gasteiger partial charge in [0.05, 0.1) is 19.8 Å². The molecule has 1 aliphatic carbocycles. The molecule has 1 aliphatic rings. The quantitative estimate of drug-likeness (QED) is 0.583. The summed E-state index contributed by atoms with van der Waals surface area (Å²) in [7, 11) is 3.20. The van der Waals surface area contributed by atoms with Crippen LogP contribution in [0.2, 0.25) is 0 Å². The largest absolute Gasteiger partial charge is 0.493 e. The molecule has 2 amide bonds. The van der Waals surface area contributed by atoms with Gasteiger partial charge in [0.25, 0.3) is 5.91 Å². The van der Waals surface area contributed by atoms with E-state index in [2.05, 4.69) is 10.6 Å². The van der Waals surface area contributed by atoms with E-state index in [4.69, 9.17) is 14.2 Å². The molecule has 30 heavy (non-hydrogen) atoms. The van der Waals surface area contributed by atoms with Crippen LogP contribution in [-0.2, 0) is 9.53 Å². The Hall–Kier alpha value is -3.06. The van der Waals surface area contributed by atoms with Gasteiger partial charge in [-0.2, -0.15) is 0 Å². The van der Waals surface area contributed by atoms with Crippen molar-refractivity contribution in [2.24, 2.45) is 5.92 Å². The van der Waals surface area contributed by atoms with Crippen LogP contribution in [0.5, 0.6) is 11.5 Å². The van der Waals surface area contributed by atoms with Gasteiger partial charge >= 0.3 is 0 Å². The van der Waals surface area contributed by atoms with Gasteiger partial charge in [-0.15, -0.1) is 0 Å². The van der Waals surface area contributed by atoms with Crippen molar-refractivity contribution in [1.29, 1.82) is 0 Å². The Bertz CT molecular complexity index is 878. The van der Waals surface area contributed by atoms with E-state index in [-0.39, 0.29) is 23.8 Å². The van der Waals surface area contributed by atoms with E-state index < -0.39 is 0 Å². The second-order valence-electron chi connectivity index (χ2n) is 7.29. The predicted octanol–water partition coefficient (Wildman–Crippen LogP) is 3.56. The molecule has 7 heteroatoms. The molecule has 0 heterocycles. The number of carbonyl (C=O) groups excluding carboxylic acids is 2. The first kappa shape index (κ1) is 21.6. The van der Waals surface area contributed by atoms with Crippen LogP contribution in [0.1, 0.15) is 41.7 Å². The molecular formula is C23H28N2O5. The summed E-state index contributed by atoms with van der Waals surface area (Å²) >= 11 is 0. The summed E-state index contributed by atoms with van der Waals surface area (Å²) in [6.07, 6.45) is 1.91. The maximum Gasteiger partial charge on any atom is 0.251 e. The lowest BCUT2D eigenvalue weighted by atomic mass is 10.1. The van der Waals surface area contributed by atoms with Crippen LogP contribution >= 0.6 is 0 Å². The van der Waals surface area contributed by atoms with Gasteiger partial charge in [-0.25, -0.2) is 0 Å². The third-order valence-electron chi connectivity index (χ3n) is 4.94. The summed E-state index contributed by atoms with van der Waals surface area (Å²) in [6.45, 7) is 2.82. The average Bonchev–Trinajstić information content (AvgIpc) is 3.60. The van der Waals surface area contributed by atoms with E-state index in [1.807, 2.05) is 25.1 Å². The van der Waals surface area contributed by atoms with Crippen LogP contribution in [0.4, 0.5) is 5.69 Å². The second-order valence-corrected chi connectivity index (χ2v) is 7.29. The number of anilines is 1. The number of methoxy groups -OCH3 is 2. The topological polar surface area (TPSA) is 85.9 Å². The summed E-state index contributed by atoms with van der Waals surface area (Å²) in [5.74, 6) is 1.22. The molecule has 1 fully saturated rings. The molecule has 1 unspecified atom stereocenters. The highest BCUT2D eigenvalue weighted by Crippen LogP contribution is 2.31. The minimum absolute atomic E-state index is 0.0458. The van der Waals surface area contributed by atoms with Gasteiger partial charge in [0.15, 0.2) is 11.5 Å². The predicted molar refractivity (Wildman–Crippen MR) is 114 cm³/mol. The number of hydrogen-bond donors (Lipinski definition) is 2. The third kappa shape index (κ3) is 5.73. The maximum absolute atomic E-state index is 12.6. The van der Waals surface area contributed by atoms with Crippen molar-refractivity contribution >= 4 is 17.5 Å². The van der Waals surface area contributed by atoms with Gasteiger partial charge in [-0.05, 0) is 61.7 Å². The highest BCUT2D eigenvalue weighted by atomic mass is 16.5. The fourth-order valence-corrected chi connectivity index (χ4v) is 2.97. The Morgan fingerprint density at radius 1 is 1.03 bits per heavy atom. The number of carbonyl (C=O) groups is 2. The summed E-state index contributed by atoms with van der Waals surface area (Å²) in [4.78, 5) is 24.4. The Morgan fingerprint density at radius 2 is 1.77 bits per heavy atom. The first-order chi connectivity index (χ1) is 14.5. The minimum atomic E-state index is -0.228. The maximum atomic E-state index is 12.6. The lowest BCUT2D eigenvalue weighted by Crippen LogP contribution is -2.26. The van der Waals surface area contributed by atoms with Crippen molar-refractivity contribution in [1.82, 2.24) is 5.32 Å². The van der Waals surface area contributed by atoms with Crippen LogP contribution in [0.15, 0.2) is 42.5 Å². The standard InChI is InChI=1S/C23H28N2O5/c1-15(18-8-11-20(21(14-18)29-3)30-13-12-28-2)24-22(26)17-6-9-19(10-7-17)25-23(27)16-4-5-16/h6-11,14-16H,4-5,12-13H2,1-3H3,(H,24,26)(H,25,27). The summed E-state index contributed by atoms with van der Waals surface area (Å²) < 4.78 is 16.0. The van der Waals surface area contributed by atoms with E-state index in [9.17, 15) is 9.59 Å². The van der Waals surface area contributed by atoms with Gasteiger partial charge in [0, 0.05) is 24.3 Å². The zero-order valence-electron chi connectivity index (χ0n) is 17.6. The van der Waals surface area contributed by atoms with E-state index >= 15 is 0 Å². The van der Waals surface area contributed by atoms with Gasteiger partial charge in [0.1, 0.15) is 6.61 Å². The number of hydrogen-bond acceptors (Lipinski definition) is 5. The average molecular weight is 412 g/mol. The Balaban J connectivity index is 1.59. The van der Waals surface area contributed by atoms with Crippen molar-refractivity contribution < 1.29 is 23.8 Å². The van der Waals surface area contributed by atoms with E-state index in [0.29, 0.717) is 36.0 Å². The lowest BCUT2D eigenvalue weighted by Gasteiger charge is -2.17. The SMILES string of the molecule is COCCOc1ccc(C(C)NC(=O)c2ccc(NC(=O)C3CC3)cc2)cc1OC. The molecule has 7 nitrogen and oxygen atoms in total. The van der Waals surface area contributed by atoms with Crippen molar-refractivity contribution in [3.63, 3.8) is 0 Å². The molecule has 0 radical (unpaired) electrons. The lowest BCUT2D eigenvalue weighted by molar-refractivity contribution is -0.117. The molecular weight excluding hydrogens is 384 g/mol. The van der Waals surface area contributed by atoms with Crippen LogP contribution in [-0.4, -0.2) is 39.2 Å². The number of nitrogens with one attached hydrogen (secondary N) is 2. The molecule has 2 aromatic carbocycles. The first-order valence-electron chi connectivity index (χ1n) is 10.0. The smallest absolute Gasteiger partial charge is 0.251 e. The van der Waals surface area contributed by atoms with E-state index in [1.165, 1.54) is 0 Å². The monoisotopic (exact) mass is 412 g/mol. The third-order valence-corrected chi connectivity index (χ3v) is 4.94. The summed E-state index contributed by atoms with van der Waals surface area (Å²) in [5, 5.41) is 5.85. The van der Waals surface area contributed by atoms with Crippen molar-refractivity contribution in [3.8, 4) is 11.5 Å². The van der Waals surface area contributed by atoms with Crippen LogP contribution in [0, 0.1) is 5.92 Å². The van der Waals surface area contributed by atoms with Crippen molar-refractivity contribution in [2.45, 2.75) is 25.8 Å². The number of ether oxygens (including phenoxy) is 3. The van der Waals surface area contributed by atoms with E-state index in [1.54, 1.807) is 38.5 Å². The zero-order chi connectivity index (χ0) is 21.5. The highest BCUT2D eigenvalue weighted by molar-refractivity contribution is 5.97. The van der Waals surface area contributed by atoms with Gasteiger partial charge in [-0.1, -0.05) is 6.07 Å². The van der Waals surface area contributed by atoms with Crippen molar-refractivity contribution in [2.75, 3.05) is 32.8 Å². The number of rotatable bonds is 10. The fraction of sp³-hybridized carbons (Fsp3) is 0.391. The number of benzene rings is 2. The molecule has 3 rings (SSSR count). The molecule has 2 N–H and O–H groups in total. The highest BCUT2D eigenvalue weighted by Gasteiger charge is 2.29. The Kier molecular flexibility index (Phi) is 7.30. The fourth-order valence-electron chi connectivity index (χ4n) is 2.97. The van der Waals surface area contributed by atoms with Gasteiger partial charge < -0.3 is 24.8 Å².